The van der Waals surface area contributed by atoms with Crippen LogP contribution in [0.25, 0.3) is 0 Å². The van der Waals surface area contributed by atoms with Crippen molar-refractivity contribution >= 4 is 0 Å². The van der Waals surface area contributed by atoms with Crippen molar-refractivity contribution in [1.29, 1.82) is 0 Å². The summed E-state index contributed by atoms with van der Waals surface area (Å²) in [6.45, 7) is 5.93. The minimum Gasteiger partial charge on any atom is -0.383 e. The standard InChI is InChI=1S/C14H22F2N2O/c1-4-18(10(2)9-19-3)8-14(17)12-6-5-11(15)7-13(12)16/h5-7,10,14H,4,8-9,17H2,1-3H3. The van der Waals surface area contributed by atoms with E-state index in [0.717, 1.165) is 12.6 Å². The Labute approximate surface area is 113 Å². The summed E-state index contributed by atoms with van der Waals surface area (Å²) in [6, 6.07) is 3.21. The molecule has 2 N–H and O–H groups in total. The highest BCUT2D eigenvalue weighted by Gasteiger charge is 2.18. The summed E-state index contributed by atoms with van der Waals surface area (Å²) in [5.74, 6) is -1.18. The van der Waals surface area contributed by atoms with Crippen LogP contribution in [0.4, 0.5) is 8.78 Å². The van der Waals surface area contributed by atoms with Crippen LogP contribution in [0.15, 0.2) is 18.2 Å². The van der Waals surface area contributed by atoms with E-state index in [1.807, 2.05) is 13.8 Å². The van der Waals surface area contributed by atoms with Gasteiger partial charge in [0.25, 0.3) is 0 Å². The van der Waals surface area contributed by atoms with E-state index in [-0.39, 0.29) is 6.04 Å². The summed E-state index contributed by atoms with van der Waals surface area (Å²) in [7, 11) is 1.64. The number of likely N-dealkylation sites (N-methyl/N-ethyl adjacent to an activating group) is 1. The molecule has 0 spiro atoms. The average molecular weight is 272 g/mol. The van der Waals surface area contributed by atoms with Crippen LogP contribution in [-0.4, -0.2) is 37.7 Å². The lowest BCUT2D eigenvalue weighted by atomic mass is 10.1. The number of nitrogens with two attached hydrogens (primary N) is 1. The molecule has 0 saturated heterocycles. The number of ether oxygens (including phenoxy) is 1. The highest BCUT2D eigenvalue weighted by molar-refractivity contribution is 5.22. The van der Waals surface area contributed by atoms with Crippen LogP contribution in [-0.2, 0) is 4.74 Å². The van der Waals surface area contributed by atoms with Crippen LogP contribution < -0.4 is 5.73 Å². The molecule has 1 rings (SSSR count). The zero-order chi connectivity index (χ0) is 14.4. The van der Waals surface area contributed by atoms with Crippen LogP contribution in [0.2, 0.25) is 0 Å². The largest absolute Gasteiger partial charge is 0.383 e. The van der Waals surface area contributed by atoms with Crippen LogP contribution in [0.1, 0.15) is 25.5 Å². The van der Waals surface area contributed by atoms with Gasteiger partial charge in [-0.3, -0.25) is 4.90 Å². The molecule has 1 aromatic carbocycles. The maximum absolute atomic E-state index is 13.6. The smallest absolute Gasteiger partial charge is 0.130 e. The van der Waals surface area contributed by atoms with Crippen LogP contribution in [0, 0.1) is 11.6 Å². The number of rotatable bonds is 7. The van der Waals surface area contributed by atoms with Gasteiger partial charge in [-0.2, -0.15) is 0 Å². The molecule has 2 atom stereocenters. The number of methoxy groups -OCH3 is 1. The van der Waals surface area contributed by atoms with Gasteiger partial charge in [-0.15, -0.1) is 0 Å². The highest BCUT2D eigenvalue weighted by atomic mass is 19.1. The fraction of sp³-hybridized carbons (Fsp3) is 0.571. The molecular formula is C14H22F2N2O. The number of benzene rings is 1. The molecule has 0 bridgehead atoms. The fourth-order valence-corrected chi connectivity index (χ4v) is 2.12. The maximum atomic E-state index is 13.6. The summed E-state index contributed by atoms with van der Waals surface area (Å²) in [6.07, 6.45) is 0. The Balaban J connectivity index is 2.73. The second kappa shape index (κ2) is 7.53. The van der Waals surface area contributed by atoms with Gasteiger partial charge < -0.3 is 10.5 Å². The van der Waals surface area contributed by atoms with Gasteiger partial charge in [0, 0.05) is 37.4 Å². The number of halogens is 2. The second-order valence-corrected chi connectivity index (χ2v) is 4.66. The number of hydrogen-bond acceptors (Lipinski definition) is 3. The van der Waals surface area contributed by atoms with Crippen molar-refractivity contribution in [3.63, 3.8) is 0 Å². The molecule has 108 valence electrons. The Kier molecular flexibility index (Phi) is 6.34. The molecule has 0 radical (unpaired) electrons. The lowest BCUT2D eigenvalue weighted by Crippen LogP contribution is -2.40. The molecule has 1 aromatic rings. The topological polar surface area (TPSA) is 38.5 Å². The number of hydrogen-bond donors (Lipinski definition) is 1. The van der Waals surface area contributed by atoms with Crippen molar-refractivity contribution in [3.05, 3.63) is 35.4 Å². The van der Waals surface area contributed by atoms with Gasteiger partial charge in [0.1, 0.15) is 11.6 Å². The summed E-state index contributed by atoms with van der Waals surface area (Å²) in [5.41, 5.74) is 6.35. The molecule has 0 aromatic heterocycles. The van der Waals surface area contributed by atoms with Crippen molar-refractivity contribution in [2.24, 2.45) is 5.73 Å². The van der Waals surface area contributed by atoms with E-state index in [2.05, 4.69) is 4.90 Å². The average Bonchev–Trinajstić information content (AvgIpc) is 2.35. The molecule has 0 fully saturated rings. The van der Waals surface area contributed by atoms with Crippen LogP contribution in [0.3, 0.4) is 0 Å². The molecule has 0 aliphatic carbocycles. The van der Waals surface area contributed by atoms with Crippen molar-refractivity contribution in [1.82, 2.24) is 4.90 Å². The summed E-state index contributed by atoms with van der Waals surface area (Å²) in [4.78, 5) is 2.11. The predicted molar refractivity (Wildman–Crippen MR) is 71.9 cm³/mol. The first-order chi connectivity index (χ1) is 8.99. The van der Waals surface area contributed by atoms with Crippen molar-refractivity contribution in [3.8, 4) is 0 Å². The van der Waals surface area contributed by atoms with Gasteiger partial charge in [-0.1, -0.05) is 13.0 Å². The Morgan fingerprint density at radius 3 is 2.58 bits per heavy atom. The normalized spacial score (nSPS) is 14.7. The van der Waals surface area contributed by atoms with Gasteiger partial charge in [0.2, 0.25) is 0 Å². The van der Waals surface area contributed by atoms with E-state index < -0.39 is 17.7 Å². The Bertz CT molecular complexity index is 401. The van der Waals surface area contributed by atoms with Crippen LogP contribution >= 0.6 is 0 Å². The first-order valence-electron chi connectivity index (χ1n) is 6.43. The molecular weight excluding hydrogens is 250 g/mol. The molecule has 0 saturated carbocycles. The minimum absolute atomic E-state index is 0.199. The summed E-state index contributed by atoms with van der Waals surface area (Å²) < 4.78 is 31.6. The SMILES string of the molecule is CCN(CC(N)c1ccc(F)cc1F)C(C)COC. The lowest BCUT2D eigenvalue weighted by Gasteiger charge is -2.30. The minimum atomic E-state index is -0.594. The molecule has 3 nitrogen and oxygen atoms in total. The second-order valence-electron chi connectivity index (χ2n) is 4.66. The first kappa shape index (κ1) is 16.0. The van der Waals surface area contributed by atoms with E-state index in [0.29, 0.717) is 18.7 Å². The van der Waals surface area contributed by atoms with E-state index in [4.69, 9.17) is 10.5 Å². The van der Waals surface area contributed by atoms with Crippen molar-refractivity contribution in [2.75, 3.05) is 26.8 Å². The zero-order valence-corrected chi connectivity index (χ0v) is 11.7. The molecule has 0 aliphatic rings. The monoisotopic (exact) mass is 272 g/mol. The van der Waals surface area contributed by atoms with Crippen molar-refractivity contribution < 1.29 is 13.5 Å². The summed E-state index contributed by atoms with van der Waals surface area (Å²) in [5, 5.41) is 0. The molecule has 0 heterocycles. The molecule has 2 unspecified atom stereocenters. The summed E-state index contributed by atoms with van der Waals surface area (Å²) >= 11 is 0. The number of nitrogens with zero attached hydrogens (tertiary/aromatic N) is 1. The molecule has 0 amide bonds. The van der Waals surface area contributed by atoms with E-state index >= 15 is 0 Å². The Hall–Kier alpha value is -1.04. The quantitative estimate of drug-likeness (QED) is 0.828. The third kappa shape index (κ3) is 4.53. The van der Waals surface area contributed by atoms with E-state index in [1.54, 1.807) is 7.11 Å². The Morgan fingerprint density at radius 2 is 2.05 bits per heavy atom. The third-order valence-electron chi connectivity index (χ3n) is 3.23. The highest BCUT2D eigenvalue weighted by Crippen LogP contribution is 2.18. The molecule has 0 aliphatic heterocycles. The maximum Gasteiger partial charge on any atom is 0.130 e. The van der Waals surface area contributed by atoms with Crippen molar-refractivity contribution in [2.45, 2.75) is 25.9 Å². The van der Waals surface area contributed by atoms with E-state index in [1.165, 1.54) is 12.1 Å². The van der Waals surface area contributed by atoms with E-state index in [9.17, 15) is 8.78 Å². The van der Waals surface area contributed by atoms with Crippen LogP contribution in [0.5, 0.6) is 0 Å². The predicted octanol–water partition coefficient (Wildman–Crippen LogP) is 2.32. The Morgan fingerprint density at radius 1 is 1.37 bits per heavy atom. The lowest BCUT2D eigenvalue weighted by molar-refractivity contribution is 0.0984. The van der Waals surface area contributed by atoms with Gasteiger partial charge in [-0.25, -0.2) is 8.78 Å². The third-order valence-corrected chi connectivity index (χ3v) is 3.23. The van der Waals surface area contributed by atoms with Gasteiger partial charge in [-0.05, 0) is 19.5 Å². The molecule has 19 heavy (non-hydrogen) atoms. The zero-order valence-electron chi connectivity index (χ0n) is 11.7. The fourth-order valence-electron chi connectivity index (χ4n) is 2.12. The van der Waals surface area contributed by atoms with Gasteiger partial charge in [0.15, 0.2) is 0 Å². The first-order valence-corrected chi connectivity index (χ1v) is 6.43. The van der Waals surface area contributed by atoms with Gasteiger partial charge in [0.05, 0.1) is 6.61 Å². The van der Waals surface area contributed by atoms with Gasteiger partial charge >= 0.3 is 0 Å². The molecule has 5 heteroatoms.